The quantitative estimate of drug-likeness (QED) is 0.422. The van der Waals surface area contributed by atoms with E-state index in [0.29, 0.717) is 11.3 Å². The predicted molar refractivity (Wildman–Crippen MR) is 120 cm³/mol. The standard InChI is InChI=1S/C24H24N2O7/c1-6-31-24(30)21-20(14(4)27)15(5)33-22(21)26-18(28)11-32-23(29)19-12(2)16-9-7-8-10-17(16)25-13(19)3/h7-10H,6,11H2,1-5H3,(H,26,28). The first kappa shape index (κ1) is 23.6. The molecule has 0 atom stereocenters. The maximum atomic E-state index is 12.7. The monoisotopic (exact) mass is 452 g/mol. The first-order valence-electron chi connectivity index (χ1n) is 10.3. The van der Waals surface area contributed by atoms with Crippen molar-refractivity contribution >= 4 is 40.4 Å². The van der Waals surface area contributed by atoms with Crippen molar-refractivity contribution in [2.24, 2.45) is 0 Å². The van der Waals surface area contributed by atoms with E-state index in [9.17, 15) is 19.2 Å². The van der Waals surface area contributed by atoms with Crippen molar-refractivity contribution in [3.05, 3.63) is 58.0 Å². The molecule has 0 aliphatic carbocycles. The fourth-order valence-electron chi connectivity index (χ4n) is 3.65. The number of nitrogens with zero attached hydrogens (tertiary/aromatic N) is 1. The molecule has 2 heterocycles. The fraction of sp³-hybridized carbons (Fsp3) is 0.292. The summed E-state index contributed by atoms with van der Waals surface area (Å²) in [5.74, 6) is -2.75. The number of furan rings is 1. The number of Topliss-reactive ketones (excluding diaryl/α,β-unsaturated/α-hetero) is 1. The summed E-state index contributed by atoms with van der Waals surface area (Å²) in [6.07, 6.45) is 0. The zero-order valence-electron chi connectivity index (χ0n) is 19.0. The fourth-order valence-corrected chi connectivity index (χ4v) is 3.65. The van der Waals surface area contributed by atoms with Crippen molar-refractivity contribution in [2.45, 2.75) is 34.6 Å². The molecule has 0 aliphatic heterocycles. The number of amides is 1. The second-order valence-electron chi connectivity index (χ2n) is 7.35. The van der Waals surface area contributed by atoms with E-state index in [1.54, 1.807) is 20.8 Å². The molecule has 9 nitrogen and oxygen atoms in total. The zero-order valence-corrected chi connectivity index (χ0v) is 19.0. The number of carbonyl (C=O) groups excluding carboxylic acids is 4. The second kappa shape index (κ2) is 9.64. The molecule has 172 valence electrons. The van der Waals surface area contributed by atoms with Gasteiger partial charge >= 0.3 is 11.9 Å². The highest BCUT2D eigenvalue weighted by atomic mass is 16.5. The molecular formula is C24H24N2O7. The summed E-state index contributed by atoms with van der Waals surface area (Å²) in [4.78, 5) is 53.9. The molecule has 2 aromatic heterocycles. The van der Waals surface area contributed by atoms with E-state index in [0.717, 1.165) is 10.9 Å². The van der Waals surface area contributed by atoms with E-state index >= 15 is 0 Å². The smallest absolute Gasteiger partial charge is 0.344 e. The topological polar surface area (TPSA) is 125 Å². The van der Waals surface area contributed by atoms with Gasteiger partial charge in [-0.15, -0.1) is 0 Å². The van der Waals surface area contributed by atoms with Crippen LogP contribution in [0.4, 0.5) is 5.88 Å². The number of benzene rings is 1. The number of hydrogen-bond donors (Lipinski definition) is 1. The van der Waals surface area contributed by atoms with Crippen LogP contribution in [0.3, 0.4) is 0 Å². The molecule has 0 saturated heterocycles. The summed E-state index contributed by atoms with van der Waals surface area (Å²) in [5.41, 5.74) is 2.06. The van der Waals surface area contributed by atoms with Crippen LogP contribution in [-0.2, 0) is 14.3 Å². The van der Waals surface area contributed by atoms with E-state index in [1.165, 1.54) is 13.8 Å². The highest BCUT2D eigenvalue weighted by Gasteiger charge is 2.29. The van der Waals surface area contributed by atoms with Gasteiger partial charge in [-0.3, -0.25) is 19.9 Å². The average molecular weight is 452 g/mol. The molecule has 0 fully saturated rings. The Morgan fingerprint density at radius 1 is 0.970 bits per heavy atom. The first-order chi connectivity index (χ1) is 15.6. The lowest BCUT2D eigenvalue weighted by atomic mass is 10.0. The van der Waals surface area contributed by atoms with Crippen LogP contribution in [-0.4, -0.2) is 41.8 Å². The van der Waals surface area contributed by atoms with Gasteiger partial charge in [-0.1, -0.05) is 18.2 Å². The van der Waals surface area contributed by atoms with Crippen molar-refractivity contribution in [2.75, 3.05) is 18.5 Å². The molecule has 0 unspecified atom stereocenters. The number of esters is 2. The highest BCUT2D eigenvalue weighted by molar-refractivity contribution is 6.11. The first-order valence-corrected chi connectivity index (χ1v) is 10.3. The lowest BCUT2D eigenvalue weighted by Crippen LogP contribution is -2.23. The number of nitrogens with one attached hydrogen (secondary N) is 1. The van der Waals surface area contributed by atoms with Gasteiger partial charge < -0.3 is 13.9 Å². The molecule has 0 radical (unpaired) electrons. The lowest BCUT2D eigenvalue weighted by molar-refractivity contribution is -0.119. The summed E-state index contributed by atoms with van der Waals surface area (Å²) in [5, 5.41) is 3.19. The number of rotatable bonds is 7. The van der Waals surface area contributed by atoms with Crippen LogP contribution >= 0.6 is 0 Å². The number of ketones is 1. The Bertz CT molecular complexity index is 1270. The summed E-state index contributed by atoms with van der Waals surface area (Å²) in [7, 11) is 0. The Kier molecular flexibility index (Phi) is 6.91. The van der Waals surface area contributed by atoms with Crippen LogP contribution in [0.1, 0.15) is 61.9 Å². The second-order valence-corrected chi connectivity index (χ2v) is 7.35. The number of aryl methyl sites for hydroxylation is 3. The van der Waals surface area contributed by atoms with Crippen LogP contribution in [0, 0.1) is 20.8 Å². The summed E-state index contributed by atoms with van der Waals surface area (Å²) < 4.78 is 15.6. The van der Waals surface area contributed by atoms with Gasteiger partial charge in [-0.05, 0) is 46.2 Å². The summed E-state index contributed by atoms with van der Waals surface area (Å²) in [6, 6.07) is 7.40. The van der Waals surface area contributed by atoms with E-state index in [1.807, 2.05) is 24.3 Å². The Balaban J connectivity index is 1.78. The van der Waals surface area contributed by atoms with Gasteiger partial charge in [0.25, 0.3) is 5.91 Å². The molecule has 0 saturated carbocycles. The maximum Gasteiger partial charge on any atom is 0.344 e. The summed E-state index contributed by atoms with van der Waals surface area (Å²) >= 11 is 0. The highest BCUT2D eigenvalue weighted by Crippen LogP contribution is 2.29. The molecular weight excluding hydrogens is 428 g/mol. The average Bonchev–Trinajstić information content (AvgIpc) is 3.08. The third-order valence-corrected chi connectivity index (χ3v) is 5.04. The van der Waals surface area contributed by atoms with Gasteiger partial charge in [0.1, 0.15) is 11.3 Å². The molecule has 0 aliphatic rings. The van der Waals surface area contributed by atoms with Crippen molar-refractivity contribution < 1.29 is 33.1 Å². The van der Waals surface area contributed by atoms with Gasteiger partial charge in [0, 0.05) is 5.39 Å². The van der Waals surface area contributed by atoms with Gasteiger partial charge in [-0.2, -0.15) is 0 Å². The van der Waals surface area contributed by atoms with Crippen molar-refractivity contribution in [1.82, 2.24) is 4.98 Å². The number of ether oxygens (including phenoxy) is 2. The minimum Gasteiger partial charge on any atom is -0.462 e. The molecule has 1 aromatic carbocycles. The van der Waals surface area contributed by atoms with Gasteiger partial charge in [0.05, 0.1) is 28.9 Å². The lowest BCUT2D eigenvalue weighted by Gasteiger charge is -2.12. The maximum absolute atomic E-state index is 12.7. The van der Waals surface area contributed by atoms with Crippen molar-refractivity contribution in [3.8, 4) is 0 Å². The number of anilines is 1. The van der Waals surface area contributed by atoms with Crippen molar-refractivity contribution in [1.29, 1.82) is 0 Å². The molecule has 33 heavy (non-hydrogen) atoms. The Hall–Kier alpha value is -4.01. The molecule has 9 heteroatoms. The minimum atomic E-state index is -0.805. The van der Waals surface area contributed by atoms with E-state index in [4.69, 9.17) is 13.9 Å². The van der Waals surface area contributed by atoms with E-state index in [-0.39, 0.29) is 34.9 Å². The Morgan fingerprint density at radius 3 is 2.30 bits per heavy atom. The third kappa shape index (κ3) is 4.77. The normalized spacial score (nSPS) is 10.7. The molecule has 3 rings (SSSR count). The number of fused-ring (bicyclic) bond motifs is 1. The number of pyridine rings is 1. The van der Waals surface area contributed by atoms with Crippen molar-refractivity contribution in [3.63, 3.8) is 0 Å². The molecule has 0 bridgehead atoms. The van der Waals surface area contributed by atoms with Gasteiger partial charge in [0.2, 0.25) is 5.88 Å². The van der Waals surface area contributed by atoms with Crippen LogP contribution in [0.15, 0.2) is 28.7 Å². The van der Waals surface area contributed by atoms with Crippen LogP contribution < -0.4 is 5.32 Å². The zero-order chi connectivity index (χ0) is 24.3. The van der Waals surface area contributed by atoms with Gasteiger partial charge in [-0.25, -0.2) is 9.59 Å². The SMILES string of the molecule is CCOC(=O)c1c(NC(=O)COC(=O)c2c(C)nc3ccccc3c2C)oc(C)c1C(C)=O. The van der Waals surface area contributed by atoms with E-state index in [2.05, 4.69) is 10.3 Å². The number of aromatic nitrogens is 1. The van der Waals surface area contributed by atoms with Gasteiger partial charge in [0.15, 0.2) is 12.4 Å². The minimum absolute atomic E-state index is 0.0224. The van der Waals surface area contributed by atoms with Crippen LogP contribution in [0.5, 0.6) is 0 Å². The number of para-hydroxylation sites is 1. The summed E-state index contributed by atoms with van der Waals surface area (Å²) in [6.45, 7) is 7.29. The molecule has 1 amide bonds. The van der Waals surface area contributed by atoms with Crippen LogP contribution in [0.25, 0.3) is 10.9 Å². The third-order valence-electron chi connectivity index (χ3n) is 5.04. The Labute approximate surface area is 190 Å². The number of carbonyl (C=O) groups is 4. The predicted octanol–water partition coefficient (Wildman–Crippen LogP) is 3.93. The molecule has 0 spiro atoms. The number of hydrogen-bond acceptors (Lipinski definition) is 8. The molecule has 3 aromatic rings. The molecule has 1 N–H and O–H groups in total. The van der Waals surface area contributed by atoms with Crippen LogP contribution in [0.2, 0.25) is 0 Å². The van der Waals surface area contributed by atoms with E-state index < -0.39 is 30.2 Å². The largest absolute Gasteiger partial charge is 0.462 e. The Morgan fingerprint density at radius 2 is 1.64 bits per heavy atom.